The fraction of sp³-hybridized carbons (Fsp3) is 0.724. The summed E-state index contributed by atoms with van der Waals surface area (Å²) in [6.07, 6.45) is 1.45. The zero-order valence-corrected chi connectivity index (χ0v) is 28.5. The van der Waals surface area contributed by atoms with E-state index in [1.54, 1.807) is 0 Å². The summed E-state index contributed by atoms with van der Waals surface area (Å²) in [5, 5.41) is 8.80. The van der Waals surface area contributed by atoms with Gasteiger partial charge in [0.2, 0.25) is 23.6 Å². The van der Waals surface area contributed by atoms with Gasteiger partial charge in [0, 0.05) is 41.7 Å². The molecule has 16 heteroatoms. The Kier molecular flexibility index (Phi) is 17.4. The van der Waals surface area contributed by atoms with Gasteiger partial charge in [0.15, 0.2) is 0 Å². The normalized spacial score (nSPS) is 12.7. The molecule has 0 saturated carbocycles. The van der Waals surface area contributed by atoms with Crippen LogP contribution in [-0.4, -0.2) is 127 Å². The Morgan fingerprint density at radius 2 is 1.16 bits per heavy atom. The van der Waals surface area contributed by atoms with E-state index >= 15 is 0 Å². The van der Waals surface area contributed by atoms with Crippen LogP contribution < -0.4 is 21.3 Å². The van der Waals surface area contributed by atoms with Gasteiger partial charge in [-0.1, -0.05) is 34.6 Å². The Bertz CT molecular complexity index is 1100. The lowest BCUT2D eigenvalue weighted by Crippen LogP contribution is -2.57. The number of carbonyl (C=O) groups excluding carboxylic acids is 8. The molecule has 0 fully saturated rings. The molecule has 0 aromatic carbocycles. The molecule has 16 nitrogen and oxygen atoms in total. The summed E-state index contributed by atoms with van der Waals surface area (Å²) in [5.74, 6) is -2.50. The highest BCUT2D eigenvalue weighted by Gasteiger charge is 2.33. The fourth-order valence-electron chi connectivity index (χ4n) is 4.22. The predicted molar refractivity (Wildman–Crippen MR) is 166 cm³/mol. The minimum Gasteiger partial charge on any atom is -0.357 e. The molecule has 4 N–H and O–H groups in total. The first-order valence-electron chi connectivity index (χ1n) is 15.0. The van der Waals surface area contributed by atoms with E-state index in [-0.39, 0.29) is 43.0 Å². The summed E-state index contributed by atoms with van der Waals surface area (Å²) in [7, 11) is 6.78. The molecule has 0 unspecified atom stereocenters. The van der Waals surface area contributed by atoms with Gasteiger partial charge in [-0.2, -0.15) is 0 Å². The fourth-order valence-corrected chi connectivity index (χ4v) is 4.22. The summed E-state index contributed by atoms with van der Waals surface area (Å²) in [4.78, 5) is 105. The van der Waals surface area contributed by atoms with E-state index in [9.17, 15) is 38.4 Å². The molecule has 0 bridgehead atoms. The maximum Gasteiger partial charge on any atom is 0.333 e. The van der Waals surface area contributed by atoms with E-state index < -0.39 is 53.9 Å². The largest absolute Gasteiger partial charge is 0.357 e. The number of carbonyl (C=O) groups is 8. The lowest BCUT2D eigenvalue weighted by atomic mass is 10.0. The number of imide groups is 3. The summed E-state index contributed by atoms with van der Waals surface area (Å²) in [6.45, 7) is 10.4. The van der Waals surface area contributed by atoms with Gasteiger partial charge >= 0.3 is 18.1 Å². The van der Waals surface area contributed by atoms with Gasteiger partial charge in [-0.05, 0) is 38.0 Å². The third-order valence-corrected chi connectivity index (χ3v) is 6.96. The topological polar surface area (TPSA) is 198 Å². The SMILES string of the molecule is CCCC(=O)N(C)CC(=O)N(C)[C@@H](CC(C)C)C(=O)NC(=O)N(C)C(=O)NC(=O)N[C@@H](C)C(=O)N(C)[C@@H](CC(C)C)C(=O)NC. The molecule has 11 amide bonds. The molecule has 0 saturated heterocycles. The van der Waals surface area contributed by atoms with Crippen LogP contribution in [0.25, 0.3) is 0 Å². The molecule has 0 radical (unpaired) electrons. The van der Waals surface area contributed by atoms with Crippen molar-refractivity contribution in [3.05, 3.63) is 0 Å². The van der Waals surface area contributed by atoms with E-state index in [0.717, 1.165) is 11.9 Å². The molecule has 0 heterocycles. The second-order valence-electron chi connectivity index (χ2n) is 11.8. The minimum atomic E-state index is -1.20. The highest BCUT2D eigenvalue weighted by molar-refractivity contribution is 6.07. The Balaban J connectivity index is 5.36. The second kappa shape index (κ2) is 19.2. The van der Waals surface area contributed by atoms with Crippen molar-refractivity contribution in [1.82, 2.24) is 40.9 Å². The van der Waals surface area contributed by atoms with E-state index in [2.05, 4.69) is 16.0 Å². The van der Waals surface area contributed by atoms with Crippen molar-refractivity contribution >= 4 is 47.6 Å². The zero-order chi connectivity index (χ0) is 35.2. The maximum absolute atomic E-state index is 13.1. The van der Waals surface area contributed by atoms with Crippen LogP contribution in [0.1, 0.15) is 67.2 Å². The van der Waals surface area contributed by atoms with Gasteiger partial charge in [-0.25, -0.2) is 19.3 Å². The maximum atomic E-state index is 13.1. The van der Waals surface area contributed by atoms with Crippen LogP contribution in [0.4, 0.5) is 14.4 Å². The number of hydrogen-bond acceptors (Lipinski definition) is 8. The summed E-state index contributed by atoms with van der Waals surface area (Å²) < 4.78 is 0. The van der Waals surface area contributed by atoms with Crippen molar-refractivity contribution in [2.45, 2.75) is 85.4 Å². The van der Waals surface area contributed by atoms with Crippen molar-refractivity contribution in [2.24, 2.45) is 11.8 Å². The quantitative estimate of drug-likeness (QED) is 0.213. The second-order valence-corrected chi connectivity index (χ2v) is 11.8. The molecular formula is C29H52N8O8. The number of amides is 11. The van der Waals surface area contributed by atoms with Gasteiger partial charge in [-0.15, -0.1) is 0 Å². The molecule has 0 aliphatic rings. The average Bonchev–Trinajstić information content (AvgIpc) is 2.95. The van der Waals surface area contributed by atoms with Gasteiger partial charge < -0.3 is 25.3 Å². The molecular weight excluding hydrogens is 588 g/mol. The van der Waals surface area contributed by atoms with E-state index in [4.69, 9.17) is 0 Å². The van der Waals surface area contributed by atoms with Crippen molar-refractivity contribution in [3.8, 4) is 0 Å². The standard InChI is InChI=1S/C29H52N8O8/c1-12-13-22(38)34(8)16-23(39)35(9)21(15-18(4)5)25(41)32-28(44)37(11)29(45)33-27(43)31-19(6)26(42)36(10)20(14-17(2)3)24(40)30-7/h17-21H,12-16H2,1-11H3,(H,30,40)(H,32,41,44)(H2,31,33,43,45)/t19-,20-,21-/m0/s1. The number of nitrogens with one attached hydrogen (secondary N) is 4. The number of likely N-dealkylation sites (N-methyl/N-ethyl adjacent to an activating group) is 4. The Labute approximate surface area is 265 Å². The molecule has 0 aromatic rings. The molecule has 0 spiro atoms. The first kappa shape index (κ1) is 40.8. The molecule has 0 aromatic heterocycles. The molecule has 0 rings (SSSR count). The highest BCUT2D eigenvalue weighted by Crippen LogP contribution is 2.13. The smallest absolute Gasteiger partial charge is 0.333 e. The van der Waals surface area contributed by atoms with Crippen LogP contribution in [0, 0.1) is 11.8 Å². The van der Waals surface area contributed by atoms with Crippen LogP contribution in [0.3, 0.4) is 0 Å². The molecule has 256 valence electrons. The number of rotatable bonds is 14. The Morgan fingerprint density at radius 3 is 1.62 bits per heavy atom. The van der Waals surface area contributed by atoms with Gasteiger partial charge in [0.1, 0.15) is 18.1 Å². The number of urea groups is 3. The average molecular weight is 641 g/mol. The summed E-state index contributed by atoms with van der Waals surface area (Å²) in [6, 6.07) is -6.46. The Morgan fingerprint density at radius 1 is 0.667 bits per heavy atom. The van der Waals surface area contributed by atoms with Crippen molar-refractivity contribution < 1.29 is 38.4 Å². The van der Waals surface area contributed by atoms with E-state index in [1.165, 1.54) is 44.9 Å². The molecule has 0 aliphatic heterocycles. The minimum absolute atomic E-state index is 0.0592. The lowest BCUT2D eigenvalue weighted by Gasteiger charge is -2.30. The van der Waals surface area contributed by atoms with Gasteiger partial charge in [0.25, 0.3) is 5.91 Å². The number of hydrogen-bond donors (Lipinski definition) is 4. The van der Waals surface area contributed by atoms with Crippen LogP contribution in [0.15, 0.2) is 0 Å². The first-order valence-corrected chi connectivity index (χ1v) is 15.0. The van der Waals surface area contributed by atoms with Crippen molar-refractivity contribution in [2.75, 3.05) is 41.8 Å². The third kappa shape index (κ3) is 13.5. The Hall–Kier alpha value is -4.24. The third-order valence-electron chi connectivity index (χ3n) is 6.96. The van der Waals surface area contributed by atoms with Gasteiger partial charge in [0.05, 0.1) is 6.54 Å². The van der Waals surface area contributed by atoms with E-state index in [1.807, 2.05) is 39.9 Å². The monoisotopic (exact) mass is 640 g/mol. The first-order chi connectivity index (χ1) is 20.8. The molecule has 0 aliphatic carbocycles. The van der Waals surface area contributed by atoms with Crippen LogP contribution in [-0.2, 0) is 24.0 Å². The molecule has 45 heavy (non-hydrogen) atoms. The zero-order valence-electron chi connectivity index (χ0n) is 28.5. The lowest BCUT2D eigenvalue weighted by molar-refractivity contribution is -0.143. The van der Waals surface area contributed by atoms with Crippen molar-refractivity contribution in [1.29, 1.82) is 0 Å². The summed E-state index contributed by atoms with van der Waals surface area (Å²) >= 11 is 0. The van der Waals surface area contributed by atoms with Crippen LogP contribution >= 0.6 is 0 Å². The van der Waals surface area contributed by atoms with Crippen molar-refractivity contribution in [3.63, 3.8) is 0 Å². The van der Waals surface area contributed by atoms with Gasteiger partial charge in [-0.3, -0.25) is 34.6 Å². The van der Waals surface area contributed by atoms with Crippen LogP contribution in [0.5, 0.6) is 0 Å². The summed E-state index contributed by atoms with van der Waals surface area (Å²) in [5.41, 5.74) is 0. The van der Waals surface area contributed by atoms with Crippen LogP contribution in [0.2, 0.25) is 0 Å². The number of nitrogens with zero attached hydrogens (tertiary/aromatic N) is 4. The molecule has 3 atom stereocenters. The predicted octanol–water partition coefficient (Wildman–Crippen LogP) is 0.713. The van der Waals surface area contributed by atoms with E-state index in [0.29, 0.717) is 17.7 Å². The highest BCUT2D eigenvalue weighted by atomic mass is 16.2.